The highest BCUT2D eigenvalue weighted by Gasteiger charge is 2.10. The third-order valence-corrected chi connectivity index (χ3v) is 4.24. The van der Waals surface area contributed by atoms with Crippen molar-refractivity contribution >= 4 is 40.7 Å². The monoisotopic (exact) mass is 365 g/mol. The molecule has 0 unspecified atom stereocenters. The fourth-order valence-electron chi connectivity index (χ4n) is 1.85. The standard InChI is InChI=1S/C16H16ClN3O3S/c17-12-6-2-1-5-11(12)15(22)20-19-14(21)8-3-9-18-16(23)13-7-4-10-24-13/h1-2,4-7,10H,3,8-9H2,(H,18,23)(H,19,21)(H,20,22). The molecular weight excluding hydrogens is 350 g/mol. The molecule has 24 heavy (non-hydrogen) atoms. The second-order valence-corrected chi connectivity index (χ2v) is 6.17. The lowest BCUT2D eigenvalue weighted by atomic mass is 10.2. The summed E-state index contributed by atoms with van der Waals surface area (Å²) in [6.45, 7) is 0.378. The van der Waals surface area contributed by atoms with Gasteiger partial charge in [-0.25, -0.2) is 0 Å². The van der Waals surface area contributed by atoms with Crippen molar-refractivity contribution in [3.05, 3.63) is 57.2 Å². The van der Waals surface area contributed by atoms with Crippen LogP contribution in [-0.4, -0.2) is 24.3 Å². The third-order valence-electron chi connectivity index (χ3n) is 3.05. The van der Waals surface area contributed by atoms with Crippen molar-refractivity contribution in [1.29, 1.82) is 0 Å². The highest BCUT2D eigenvalue weighted by molar-refractivity contribution is 7.12. The minimum atomic E-state index is -0.486. The molecule has 0 bridgehead atoms. The van der Waals surface area contributed by atoms with Crippen molar-refractivity contribution in [3.8, 4) is 0 Å². The number of hydrogen-bond donors (Lipinski definition) is 3. The summed E-state index contributed by atoms with van der Waals surface area (Å²) >= 11 is 7.25. The van der Waals surface area contributed by atoms with Crippen LogP contribution in [0, 0.1) is 0 Å². The molecule has 0 aliphatic rings. The van der Waals surface area contributed by atoms with Crippen molar-refractivity contribution in [3.63, 3.8) is 0 Å². The van der Waals surface area contributed by atoms with Crippen LogP contribution in [0.25, 0.3) is 0 Å². The highest BCUT2D eigenvalue weighted by Crippen LogP contribution is 2.14. The Labute approximate surface area is 148 Å². The molecule has 1 aromatic carbocycles. The first-order valence-corrected chi connectivity index (χ1v) is 8.49. The number of amides is 3. The molecule has 0 saturated carbocycles. The van der Waals surface area contributed by atoms with E-state index in [9.17, 15) is 14.4 Å². The van der Waals surface area contributed by atoms with E-state index in [4.69, 9.17) is 11.6 Å². The minimum Gasteiger partial charge on any atom is -0.351 e. The predicted molar refractivity (Wildman–Crippen MR) is 92.9 cm³/mol. The van der Waals surface area contributed by atoms with Gasteiger partial charge in [-0.1, -0.05) is 29.8 Å². The maximum atomic E-state index is 11.9. The van der Waals surface area contributed by atoms with Gasteiger partial charge in [0.05, 0.1) is 15.5 Å². The summed E-state index contributed by atoms with van der Waals surface area (Å²) in [5.74, 6) is -0.988. The first-order valence-electron chi connectivity index (χ1n) is 7.23. The van der Waals surface area contributed by atoms with Crippen LogP contribution in [0.2, 0.25) is 5.02 Å². The zero-order valence-corrected chi connectivity index (χ0v) is 14.2. The van der Waals surface area contributed by atoms with Crippen molar-refractivity contribution in [2.45, 2.75) is 12.8 Å². The first-order chi connectivity index (χ1) is 11.6. The lowest BCUT2D eigenvalue weighted by Crippen LogP contribution is -2.41. The van der Waals surface area contributed by atoms with E-state index in [2.05, 4.69) is 16.2 Å². The van der Waals surface area contributed by atoms with Crippen LogP contribution in [0.1, 0.15) is 32.9 Å². The van der Waals surface area contributed by atoms with Gasteiger partial charge >= 0.3 is 0 Å². The van der Waals surface area contributed by atoms with Gasteiger partial charge in [-0.05, 0) is 30.0 Å². The Morgan fingerprint density at radius 2 is 1.79 bits per heavy atom. The van der Waals surface area contributed by atoms with Crippen LogP contribution in [0.5, 0.6) is 0 Å². The van der Waals surface area contributed by atoms with E-state index in [-0.39, 0.29) is 23.8 Å². The van der Waals surface area contributed by atoms with Gasteiger partial charge < -0.3 is 5.32 Å². The molecule has 3 amide bonds. The topological polar surface area (TPSA) is 87.3 Å². The first kappa shape index (κ1) is 18.0. The van der Waals surface area contributed by atoms with E-state index in [1.165, 1.54) is 11.3 Å². The average Bonchev–Trinajstić information content (AvgIpc) is 3.11. The molecule has 1 heterocycles. The molecule has 0 radical (unpaired) electrons. The molecule has 0 aliphatic heterocycles. The fraction of sp³-hybridized carbons (Fsp3) is 0.188. The number of carbonyl (C=O) groups excluding carboxylic acids is 3. The van der Waals surface area contributed by atoms with E-state index in [0.717, 1.165) is 0 Å². The summed E-state index contributed by atoms with van der Waals surface area (Å²) in [5.41, 5.74) is 4.90. The van der Waals surface area contributed by atoms with Crippen LogP contribution < -0.4 is 16.2 Å². The second-order valence-electron chi connectivity index (χ2n) is 4.82. The lowest BCUT2D eigenvalue weighted by molar-refractivity contribution is -0.121. The Bertz CT molecular complexity index is 719. The van der Waals surface area contributed by atoms with Crippen LogP contribution in [0.3, 0.4) is 0 Å². The molecular formula is C16H16ClN3O3S. The predicted octanol–water partition coefficient (Wildman–Crippen LogP) is 2.37. The van der Waals surface area contributed by atoms with Crippen LogP contribution >= 0.6 is 22.9 Å². The van der Waals surface area contributed by atoms with Crippen molar-refractivity contribution in [1.82, 2.24) is 16.2 Å². The van der Waals surface area contributed by atoms with Gasteiger partial charge in [0.15, 0.2) is 0 Å². The number of benzene rings is 1. The quantitative estimate of drug-likeness (QED) is 0.542. The Morgan fingerprint density at radius 1 is 1.00 bits per heavy atom. The van der Waals surface area contributed by atoms with Gasteiger partial charge in [0.2, 0.25) is 5.91 Å². The summed E-state index contributed by atoms with van der Waals surface area (Å²) in [6, 6.07) is 10.1. The van der Waals surface area contributed by atoms with Gasteiger partial charge in [-0.3, -0.25) is 25.2 Å². The number of halogens is 1. The number of hydrogen-bond acceptors (Lipinski definition) is 4. The molecule has 2 rings (SSSR count). The van der Waals surface area contributed by atoms with E-state index < -0.39 is 5.91 Å². The molecule has 8 heteroatoms. The second kappa shape index (κ2) is 9.05. The normalized spacial score (nSPS) is 10.0. The summed E-state index contributed by atoms with van der Waals surface area (Å²) in [6.07, 6.45) is 0.637. The van der Waals surface area contributed by atoms with Crippen LogP contribution in [-0.2, 0) is 4.79 Å². The highest BCUT2D eigenvalue weighted by atomic mass is 35.5. The van der Waals surface area contributed by atoms with Gasteiger partial charge in [0.25, 0.3) is 11.8 Å². The molecule has 1 aromatic heterocycles. The Hall–Kier alpha value is -2.38. The summed E-state index contributed by atoms with van der Waals surface area (Å²) in [4.78, 5) is 35.8. The van der Waals surface area contributed by atoms with Crippen LogP contribution in [0.15, 0.2) is 41.8 Å². The van der Waals surface area contributed by atoms with E-state index in [0.29, 0.717) is 22.9 Å². The molecule has 0 saturated heterocycles. The number of nitrogens with one attached hydrogen (secondary N) is 3. The smallest absolute Gasteiger partial charge is 0.271 e. The lowest BCUT2D eigenvalue weighted by Gasteiger charge is -2.08. The number of hydrazine groups is 1. The summed E-state index contributed by atoms with van der Waals surface area (Å²) in [5, 5.41) is 4.85. The fourth-order valence-corrected chi connectivity index (χ4v) is 2.71. The molecule has 0 atom stereocenters. The Balaban J connectivity index is 1.64. The van der Waals surface area contributed by atoms with E-state index in [1.807, 2.05) is 5.38 Å². The third kappa shape index (κ3) is 5.36. The maximum Gasteiger partial charge on any atom is 0.271 e. The number of carbonyl (C=O) groups is 3. The van der Waals surface area contributed by atoms with Gasteiger partial charge in [0, 0.05) is 13.0 Å². The van der Waals surface area contributed by atoms with Gasteiger partial charge in [-0.2, -0.15) is 0 Å². The van der Waals surface area contributed by atoms with E-state index >= 15 is 0 Å². The molecule has 126 valence electrons. The molecule has 3 N–H and O–H groups in total. The Kier molecular flexibility index (Phi) is 6.77. The Morgan fingerprint density at radius 3 is 2.50 bits per heavy atom. The van der Waals surface area contributed by atoms with E-state index in [1.54, 1.807) is 36.4 Å². The average molecular weight is 366 g/mol. The minimum absolute atomic E-state index is 0.155. The molecule has 0 aliphatic carbocycles. The van der Waals surface area contributed by atoms with Crippen LogP contribution in [0.4, 0.5) is 0 Å². The number of rotatable bonds is 6. The molecule has 0 spiro atoms. The van der Waals surface area contributed by atoms with Gasteiger partial charge in [0.1, 0.15) is 0 Å². The molecule has 0 fully saturated rings. The molecule has 2 aromatic rings. The van der Waals surface area contributed by atoms with Crippen molar-refractivity contribution in [2.75, 3.05) is 6.54 Å². The van der Waals surface area contributed by atoms with Crippen molar-refractivity contribution in [2.24, 2.45) is 0 Å². The SMILES string of the molecule is O=C(CCCNC(=O)c1cccs1)NNC(=O)c1ccccc1Cl. The maximum absolute atomic E-state index is 11.9. The molecule has 6 nitrogen and oxygen atoms in total. The van der Waals surface area contributed by atoms with Crippen molar-refractivity contribution < 1.29 is 14.4 Å². The van der Waals surface area contributed by atoms with Gasteiger partial charge in [-0.15, -0.1) is 11.3 Å². The zero-order chi connectivity index (χ0) is 17.4. The summed E-state index contributed by atoms with van der Waals surface area (Å²) in [7, 11) is 0. The zero-order valence-electron chi connectivity index (χ0n) is 12.7. The number of thiophene rings is 1. The summed E-state index contributed by atoms with van der Waals surface area (Å²) < 4.78 is 0. The largest absolute Gasteiger partial charge is 0.351 e.